The van der Waals surface area contributed by atoms with Crippen LogP contribution in [0.4, 0.5) is 0 Å². The average Bonchev–Trinajstić information content (AvgIpc) is 1.39. The molecule has 20 N–H and O–H groups in total. The van der Waals surface area contributed by atoms with Gasteiger partial charge in [0.25, 0.3) is 0 Å². The van der Waals surface area contributed by atoms with Gasteiger partial charge in [-0.2, -0.15) is 0 Å². The number of unbranched alkanes of at least 4 members (excludes halogenated alkanes) is 3. The van der Waals surface area contributed by atoms with E-state index in [0.717, 1.165) is 26.5 Å². The highest BCUT2D eigenvalue weighted by atomic mass is 32.2. The number of primary amides is 2. The van der Waals surface area contributed by atoms with Gasteiger partial charge >= 0.3 is 0 Å². The quantitative estimate of drug-likeness (QED) is 0.0282. The highest BCUT2D eigenvalue weighted by Crippen LogP contribution is 2.26. The Labute approximate surface area is 758 Å². The fourth-order valence-electron chi connectivity index (χ4n) is 15.8. The molecule has 0 spiro atoms. The van der Waals surface area contributed by atoms with Crippen molar-refractivity contribution in [2.45, 2.75) is 222 Å². The van der Waals surface area contributed by atoms with Gasteiger partial charge in [-0.15, -0.1) is 11.8 Å². The van der Waals surface area contributed by atoms with Gasteiger partial charge in [0.1, 0.15) is 78.5 Å². The molecule has 8 rings (SSSR count). The van der Waals surface area contributed by atoms with Gasteiger partial charge in [0, 0.05) is 112 Å². The number of aliphatic hydroxyl groups excluding tert-OH is 1. The van der Waals surface area contributed by atoms with Crippen molar-refractivity contribution >= 4 is 134 Å². The van der Waals surface area contributed by atoms with Crippen molar-refractivity contribution < 1.29 is 86.6 Å². The number of thioether (sulfide) groups is 1. The molecule has 3 aromatic heterocycles. The minimum absolute atomic E-state index is 0.0196. The van der Waals surface area contributed by atoms with Crippen molar-refractivity contribution in [1.82, 2.24) is 97.6 Å². The molecule has 5 heterocycles. The van der Waals surface area contributed by atoms with Crippen molar-refractivity contribution in [2.24, 2.45) is 23.1 Å². The summed E-state index contributed by atoms with van der Waals surface area (Å²) in [5.41, 5.74) is 20.4. The lowest BCUT2D eigenvalue weighted by molar-refractivity contribution is -0.149. The van der Waals surface area contributed by atoms with Gasteiger partial charge in [0.15, 0.2) is 0 Å². The number of aromatic nitrogens is 4. The van der Waals surface area contributed by atoms with Crippen LogP contribution in [0.15, 0.2) is 104 Å². The van der Waals surface area contributed by atoms with Gasteiger partial charge in [-0.3, -0.25) is 81.5 Å². The Morgan fingerprint density at radius 2 is 1.07 bits per heavy atom. The average molecular weight is 1820 g/mol. The van der Waals surface area contributed by atoms with Crippen LogP contribution < -0.4 is 70.4 Å². The molecule has 17 amide bonds. The van der Waals surface area contributed by atoms with Crippen molar-refractivity contribution in [1.29, 1.82) is 0 Å². The maximum atomic E-state index is 15.7. The monoisotopic (exact) mass is 1820 g/mol. The second-order valence-electron chi connectivity index (χ2n) is 33.5. The molecule has 6 aromatic rings. The predicted octanol–water partition coefficient (Wildman–Crippen LogP) is -1.27. The minimum atomic E-state index is -1.84. The van der Waals surface area contributed by atoms with E-state index in [0.29, 0.717) is 76.3 Å². The van der Waals surface area contributed by atoms with E-state index in [-0.39, 0.29) is 95.4 Å². The third-order valence-corrected chi connectivity index (χ3v) is 24.1. The Balaban J connectivity index is 1.17. The number of fused-ring (bicyclic) bond motifs is 3. The van der Waals surface area contributed by atoms with E-state index in [2.05, 4.69) is 73.1 Å². The first-order valence-electron chi connectivity index (χ1n) is 44.0. The molecule has 706 valence electrons. The zero-order valence-corrected chi connectivity index (χ0v) is 75.9. The number of nitrogens with one attached hydrogen (secondary N) is 13. The summed E-state index contributed by atoms with van der Waals surface area (Å²) in [4.78, 5) is 267. The number of hydrogen-bond donors (Lipinski definition) is 17. The van der Waals surface area contributed by atoms with Crippen LogP contribution in [0.25, 0.3) is 21.8 Å². The number of likely N-dealkylation sites (N-methyl/N-ethyl adjacent to an activating group) is 4. The molecular formula is C89H126N22O18S. The summed E-state index contributed by atoms with van der Waals surface area (Å²) in [6, 6.07) is 3.35. The van der Waals surface area contributed by atoms with Crippen molar-refractivity contribution in [2.75, 3.05) is 72.5 Å². The Kier molecular flexibility index (Phi) is 39.7. The predicted molar refractivity (Wildman–Crippen MR) is 483 cm³/mol. The number of carbonyl (C=O) groups is 17. The van der Waals surface area contributed by atoms with Crippen LogP contribution in [0, 0.1) is 5.92 Å². The highest BCUT2D eigenvalue weighted by molar-refractivity contribution is 8.00. The molecule has 130 heavy (non-hydrogen) atoms. The summed E-state index contributed by atoms with van der Waals surface area (Å²) >= 11 is 0.823. The number of aromatic amines is 3. The molecule has 2 fully saturated rings. The summed E-state index contributed by atoms with van der Waals surface area (Å²) in [7, 11) is 5.31. The van der Waals surface area contributed by atoms with E-state index in [9.17, 15) is 62.6 Å². The second-order valence-corrected chi connectivity index (χ2v) is 34.5. The topological polar surface area (TPSA) is 585 Å². The molecule has 2 saturated heterocycles. The summed E-state index contributed by atoms with van der Waals surface area (Å²) in [6.45, 7) is 6.20. The summed E-state index contributed by atoms with van der Waals surface area (Å²) < 4.78 is 0. The summed E-state index contributed by atoms with van der Waals surface area (Å²) in [5, 5.41) is 39.1. The van der Waals surface area contributed by atoms with Crippen LogP contribution in [-0.2, 0) is 107 Å². The zero-order chi connectivity index (χ0) is 95.0. The molecule has 0 bridgehead atoms. The minimum Gasteiger partial charge on any atom is -0.394 e. The highest BCUT2D eigenvalue weighted by Gasteiger charge is 2.44. The number of imidazole rings is 1. The molecule has 0 aliphatic carbocycles. The first kappa shape index (κ1) is 103. The molecule has 0 unspecified atom stereocenters. The van der Waals surface area contributed by atoms with Crippen LogP contribution in [0.3, 0.4) is 0 Å². The third kappa shape index (κ3) is 29.4. The van der Waals surface area contributed by atoms with Crippen molar-refractivity contribution in [3.63, 3.8) is 0 Å². The molecule has 2 aliphatic rings. The fraction of sp³-hybridized carbons (Fsp3) is 0.528. The van der Waals surface area contributed by atoms with E-state index in [4.69, 9.17) is 17.2 Å². The molecule has 13 atom stereocenters. The second kappa shape index (κ2) is 50.2. The Hall–Kier alpha value is -12.8. The van der Waals surface area contributed by atoms with Gasteiger partial charge in [0.2, 0.25) is 100 Å². The van der Waals surface area contributed by atoms with Crippen LogP contribution in [0.5, 0.6) is 0 Å². The van der Waals surface area contributed by atoms with E-state index >= 15 is 24.0 Å². The number of hydrogen-bond acceptors (Lipinski definition) is 21. The first-order valence-corrected chi connectivity index (χ1v) is 45.1. The first-order chi connectivity index (χ1) is 62.1. The summed E-state index contributed by atoms with van der Waals surface area (Å²) in [6.07, 6.45) is 6.97. The number of para-hydroxylation sites is 2. The molecule has 0 radical (unpaired) electrons. The number of aliphatic hydroxyl groups is 1. The zero-order valence-electron chi connectivity index (χ0n) is 75.1. The van der Waals surface area contributed by atoms with E-state index < -0.39 is 211 Å². The maximum Gasteiger partial charge on any atom is 0.246 e. The van der Waals surface area contributed by atoms with E-state index in [1.54, 1.807) is 105 Å². The lowest BCUT2D eigenvalue weighted by atomic mass is 10.00. The fourth-order valence-corrected chi connectivity index (χ4v) is 16.6. The third-order valence-electron chi connectivity index (χ3n) is 23.1. The largest absolute Gasteiger partial charge is 0.394 e. The van der Waals surface area contributed by atoms with Crippen LogP contribution in [0.1, 0.15) is 140 Å². The molecule has 41 heteroatoms. The van der Waals surface area contributed by atoms with E-state index in [1.165, 1.54) is 57.4 Å². The molecule has 0 saturated carbocycles. The number of rotatable bonds is 26. The summed E-state index contributed by atoms with van der Waals surface area (Å²) in [5.74, 6) is -16.3. The van der Waals surface area contributed by atoms with Crippen LogP contribution in [0.2, 0.25) is 0 Å². The normalized spacial score (nSPS) is 23.8. The molecule has 40 nitrogen and oxygen atoms in total. The number of H-pyrrole nitrogens is 3. The number of benzene rings is 3. The lowest BCUT2D eigenvalue weighted by Gasteiger charge is -2.36. The molecular weight excluding hydrogens is 1700 g/mol. The smallest absolute Gasteiger partial charge is 0.246 e. The Morgan fingerprint density at radius 1 is 0.531 bits per heavy atom. The van der Waals surface area contributed by atoms with Gasteiger partial charge in [-0.25, -0.2) is 4.98 Å². The Bertz CT molecular complexity index is 4930. The SMILES string of the molecule is CCCC[C@H]1C(=O)N(C)[C@@H](CCCC)C(=O)N[C@@H](CCCCN)C(=O)N[C@H](C(=O)NCC(N)=O)CSCC(=O)N[C@@H](Cc2ccccc2)C(=O)N(C)[C@@H](C)C(=O)N[C@@H](CC(N)=O)C(=O)N2CCC[C@H]2C(=O)N[C@@H](Cc2cnc[nH]2)C(=O)N[C@@H](CC(C)C)C(=O)N(C)CC(=O)N[C@@H](Cc2c[nH]c3ccccc23)C(=O)N[C@@H](CO)C(=O)N[C@@H](Cc2c[nH]c3ccccc23)C(=O)N1C. The van der Waals surface area contributed by atoms with Crippen LogP contribution in [-0.4, -0.2) is 301 Å². The molecule has 2 aliphatic heterocycles. The maximum absolute atomic E-state index is 15.7. The van der Waals surface area contributed by atoms with Crippen molar-refractivity contribution in [3.05, 3.63) is 126 Å². The van der Waals surface area contributed by atoms with Gasteiger partial charge in [-0.1, -0.05) is 120 Å². The number of nitrogens with zero attached hydrogens (tertiary/aromatic N) is 6. The van der Waals surface area contributed by atoms with Crippen molar-refractivity contribution in [3.8, 4) is 0 Å². The standard InChI is InChI=1S/C89H126N22O18S/c1-10-12-31-70-83(123)100-61(30-21-22-34-90)79(119)106-69(78(118)96-45-74(92)114)48-130-49-76(116)99-65(37-53-24-15-14-16-25-53)86(126)108(7)52(5)77(117)102-67(41-73(91)113)88(128)111-35-23-33-71(111)84(124)101-63(40-56-44-93-50-97-56)81(121)103-64(36-51(3)4)85(125)107(6)46-75(115)98-62(38-54-42-94-59-28-19-17-26-57(54)59)80(120)105-68(47-112)82(122)104-66(39-55-43-95-60-29-20-18-27-58(55)60)87(127)110(9)72(32-13-11-2)89(129)109(70)8/h14-20,24-29,42-44,50-52,61-72,94-95,112H,10-13,21-23,30-41,45-49,90H2,1-9H3,(H2,91,113)(H2,92,114)(H,93,97)(H,96,118)(H,98,115)(H,99,116)(H,100,123)(H,101,124)(H,102,117)(H,103,121)(H,104,122)(H,105,120)(H,106,119)/t52-,61-,62-,63-,64-,65-,66-,67-,68-,69-,70-,71-,72-/m0/s1. The number of nitrogens with two attached hydrogens (primary N) is 3. The number of amides is 17. The van der Waals surface area contributed by atoms with E-state index in [1.807, 2.05) is 13.8 Å². The lowest BCUT2D eigenvalue weighted by Crippen LogP contribution is -2.61. The van der Waals surface area contributed by atoms with Crippen LogP contribution >= 0.6 is 11.8 Å². The Morgan fingerprint density at radius 3 is 1.67 bits per heavy atom. The number of carbonyl (C=O) groups excluding carboxylic acids is 17. The van der Waals surface area contributed by atoms with Gasteiger partial charge in [-0.05, 0) is 99.6 Å². The van der Waals surface area contributed by atoms with Gasteiger partial charge < -0.3 is 115 Å². The molecule has 3 aromatic carbocycles. The van der Waals surface area contributed by atoms with Gasteiger partial charge in [0.05, 0.1) is 38.2 Å².